The van der Waals surface area contributed by atoms with Crippen LogP contribution in [0.4, 0.5) is 9.59 Å². The lowest BCUT2D eigenvalue weighted by Crippen LogP contribution is -2.60. The molecule has 0 aliphatic carbocycles. The van der Waals surface area contributed by atoms with Gasteiger partial charge in [-0.05, 0) is 33.3 Å². The fourth-order valence-electron chi connectivity index (χ4n) is 2.56. The number of rotatable bonds is 4. The first-order chi connectivity index (χ1) is 12.6. The molecule has 1 aromatic carbocycles. The molecule has 1 fully saturated rings. The number of guanidine groups is 1. The van der Waals surface area contributed by atoms with Gasteiger partial charge in [0, 0.05) is 25.0 Å². The highest BCUT2D eigenvalue weighted by Crippen LogP contribution is 2.19. The minimum absolute atomic E-state index is 0.00576. The smallest absolute Gasteiger partial charge is 0.414 e. The second-order valence-corrected chi connectivity index (χ2v) is 7.64. The number of nitrogens with one attached hydrogen (secondary N) is 3. The summed E-state index contributed by atoms with van der Waals surface area (Å²) in [6, 6.07) is 9.25. The number of carbonyl (C=O) groups is 2. The normalized spacial score (nSPS) is 15.3. The van der Waals surface area contributed by atoms with Crippen molar-refractivity contribution in [1.29, 1.82) is 5.41 Å². The summed E-state index contributed by atoms with van der Waals surface area (Å²) in [6.07, 6.45) is -1.11. The first-order valence-corrected chi connectivity index (χ1v) is 8.95. The number of carbonyl (C=O) groups excluding carboxylic acids is 2. The molecule has 27 heavy (non-hydrogen) atoms. The van der Waals surface area contributed by atoms with Crippen molar-refractivity contribution < 1.29 is 19.1 Å². The zero-order chi connectivity index (χ0) is 20.0. The number of ether oxygens (including phenoxy) is 2. The van der Waals surface area contributed by atoms with Crippen LogP contribution in [-0.4, -0.2) is 47.8 Å². The Labute approximate surface area is 159 Å². The lowest BCUT2D eigenvalue weighted by atomic mass is 9.93. The van der Waals surface area contributed by atoms with Gasteiger partial charge in [-0.1, -0.05) is 30.3 Å². The summed E-state index contributed by atoms with van der Waals surface area (Å²) < 4.78 is 10.3. The minimum Gasteiger partial charge on any atom is -0.444 e. The third kappa shape index (κ3) is 6.80. The Morgan fingerprint density at radius 1 is 1.22 bits per heavy atom. The second kappa shape index (κ2) is 8.75. The van der Waals surface area contributed by atoms with E-state index in [-0.39, 0.29) is 24.5 Å². The number of benzene rings is 1. The van der Waals surface area contributed by atoms with E-state index in [0.717, 1.165) is 5.56 Å². The van der Waals surface area contributed by atoms with Crippen molar-refractivity contribution >= 4 is 18.1 Å². The van der Waals surface area contributed by atoms with Crippen LogP contribution in [0.15, 0.2) is 30.3 Å². The van der Waals surface area contributed by atoms with Crippen LogP contribution in [0.25, 0.3) is 0 Å². The topological polar surface area (TPSA) is 104 Å². The van der Waals surface area contributed by atoms with E-state index in [9.17, 15) is 9.59 Å². The molecule has 1 saturated heterocycles. The van der Waals surface area contributed by atoms with Gasteiger partial charge in [0.15, 0.2) is 0 Å². The van der Waals surface area contributed by atoms with Crippen molar-refractivity contribution in [2.24, 2.45) is 5.92 Å². The first kappa shape index (κ1) is 20.5. The molecule has 0 spiro atoms. The van der Waals surface area contributed by atoms with Gasteiger partial charge in [-0.25, -0.2) is 9.59 Å². The number of likely N-dealkylation sites (tertiary alicyclic amines) is 1. The highest BCUT2D eigenvalue weighted by Gasteiger charge is 2.34. The highest BCUT2D eigenvalue weighted by atomic mass is 16.6. The van der Waals surface area contributed by atoms with Gasteiger partial charge in [-0.3, -0.25) is 10.7 Å². The van der Waals surface area contributed by atoms with Gasteiger partial charge >= 0.3 is 12.2 Å². The van der Waals surface area contributed by atoms with E-state index in [1.54, 1.807) is 4.90 Å². The van der Waals surface area contributed by atoms with Crippen LogP contribution >= 0.6 is 0 Å². The summed E-state index contributed by atoms with van der Waals surface area (Å²) in [6.45, 7) is 8.62. The zero-order valence-electron chi connectivity index (χ0n) is 16.2. The average Bonchev–Trinajstić information content (AvgIpc) is 2.50. The average molecular weight is 376 g/mol. The molecule has 1 aliphatic rings. The van der Waals surface area contributed by atoms with Gasteiger partial charge in [0.25, 0.3) is 0 Å². The van der Waals surface area contributed by atoms with E-state index in [2.05, 4.69) is 10.6 Å². The van der Waals surface area contributed by atoms with Crippen LogP contribution in [0.2, 0.25) is 0 Å². The van der Waals surface area contributed by atoms with Crippen molar-refractivity contribution in [1.82, 2.24) is 15.5 Å². The molecule has 8 heteroatoms. The van der Waals surface area contributed by atoms with Gasteiger partial charge in [-0.2, -0.15) is 0 Å². The maximum Gasteiger partial charge on any atom is 0.414 e. The lowest BCUT2D eigenvalue weighted by Gasteiger charge is -2.43. The molecule has 0 radical (unpaired) electrons. The van der Waals surface area contributed by atoms with Crippen molar-refractivity contribution in [3.8, 4) is 0 Å². The Morgan fingerprint density at radius 2 is 1.85 bits per heavy atom. The van der Waals surface area contributed by atoms with Crippen LogP contribution in [0.1, 0.15) is 33.3 Å². The number of amides is 2. The lowest BCUT2D eigenvalue weighted by molar-refractivity contribution is 0.0450. The molecule has 3 N–H and O–H groups in total. The number of hydrogen-bond donors (Lipinski definition) is 3. The van der Waals surface area contributed by atoms with E-state index in [4.69, 9.17) is 14.9 Å². The monoisotopic (exact) mass is 376 g/mol. The second-order valence-electron chi connectivity index (χ2n) is 7.64. The summed E-state index contributed by atoms with van der Waals surface area (Å²) in [5.74, 6) is 0.175. The van der Waals surface area contributed by atoms with Crippen LogP contribution < -0.4 is 10.6 Å². The van der Waals surface area contributed by atoms with E-state index in [1.807, 2.05) is 58.0 Å². The molecule has 0 saturated carbocycles. The molecule has 8 nitrogen and oxygen atoms in total. The molecule has 1 aliphatic heterocycles. The number of alkyl carbamates (subject to hydrolysis) is 2. The highest BCUT2D eigenvalue weighted by molar-refractivity contribution is 5.92. The zero-order valence-corrected chi connectivity index (χ0v) is 16.2. The fourth-order valence-corrected chi connectivity index (χ4v) is 2.56. The summed E-state index contributed by atoms with van der Waals surface area (Å²) in [5, 5.41) is 13.2. The first-order valence-electron chi connectivity index (χ1n) is 8.95. The standard InChI is InChI=1S/C19H28N4O4/c1-13(21-18(25)27-19(2,3)4)15-10-23(11-15)16(20)22-17(24)26-12-14-8-6-5-7-9-14/h5-9,13,15H,10-12H2,1-4H3,(H,21,25)(H2,20,22,24). The molecule has 1 unspecified atom stereocenters. The fraction of sp³-hybridized carbons (Fsp3) is 0.526. The van der Waals surface area contributed by atoms with Gasteiger partial charge < -0.3 is 19.7 Å². The quantitative estimate of drug-likeness (QED) is 0.554. The van der Waals surface area contributed by atoms with E-state index in [0.29, 0.717) is 13.1 Å². The molecule has 1 atom stereocenters. The SMILES string of the molecule is CC(NC(=O)OC(C)(C)C)C1CN(C(=N)NC(=O)OCc2ccccc2)C1. The Bertz CT molecular complexity index is 666. The molecule has 1 heterocycles. The number of nitrogens with zero attached hydrogens (tertiary/aromatic N) is 1. The van der Waals surface area contributed by atoms with Crippen LogP contribution in [0, 0.1) is 11.3 Å². The molecule has 0 bridgehead atoms. The van der Waals surface area contributed by atoms with Crippen molar-refractivity contribution in [2.45, 2.75) is 45.9 Å². The minimum atomic E-state index is -0.660. The molecular formula is C19H28N4O4. The molecule has 0 aromatic heterocycles. The summed E-state index contributed by atoms with van der Waals surface area (Å²) in [4.78, 5) is 25.3. The molecule has 2 rings (SSSR count). The third-order valence-electron chi connectivity index (χ3n) is 4.11. The predicted molar refractivity (Wildman–Crippen MR) is 101 cm³/mol. The van der Waals surface area contributed by atoms with Crippen LogP contribution in [0.3, 0.4) is 0 Å². The Hall–Kier alpha value is -2.77. The van der Waals surface area contributed by atoms with Gasteiger partial charge in [0.1, 0.15) is 12.2 Å². The molecule has 1 aromatic rings. The van der Waals surface area contributed by atoms with Crippen molar-refractivity contribution in [2.75, 3.05) is 13.1 Å². The molecule has 2 amide bonds. The van der Waals surface area contributed by atoms with Crippen molar-refractivity contribution in [3.63, 3.8) is 0 Å². The Morgan fingerprint density at radius 3 is 2.44 bits per heavy atom. The van der Waals surface area contributed by atoms with E-state index >= 15 is 0 Å². The third-order valence-corrected chi connectivity index (χ3v) is 4.11. The maximum absolute atomic E-state index is 11.8. The molecular weight excluding hydrogens is 348 g/mol. The Kier molecular flexibility index (Phi) is 6.65. The van der Waals surface area contributed by atoms with Crippen LogP contribution in [0.5, 0.6) is 0 Å². The predicted octanol–water partition coefficient (Wildman–Crippen LogP) is 2.69. The maximum atomic E-state index is 11.8. The summed E-state index contributed by atoms with van der Waals surface area (Å²) >= 11 is 0. The number of hydrogen-bond acceptors (Lipinski definition) is 5. The van der Waals surface area contributed by atoms with Crippen LogP contribution in [-0.2, 0) is 16.1 Å². The van der Waals surface area contributed by atoms with Gasteiger partial charge in [0.05, 0.1) is 0 Å². The Balaban J connectivity index is 1.66. The largest absolute Gasteiger partial charge is 0.444 e. The van der Waals surface area contributed by atoms with E-state index in [1.165, 1.54) is 0 Å². The van der Waals surface area contributed by atoms with Gasteiger partial charge in [0.2, 0.25) is 5.96 Å². The van der Waals surface area contributed by atoms with Crippen molar-refractivity contribution in [3.05, 3.63) is 35.9 Å². The van der Waals surface area contributed by atoms with E-state index < -0.39 is 17.8 Å². The molecule has 148 valence electrons. The summed E-state index contributed by atoms with van der Waals surface area (Å²) in [7, 11) is 0. The summed E-state index contributed by atoms with van der Waals surface area (Å²) in [5.41, 5.74) is 0.340. The van der Waals surface area contributed by atoms with Gasteiger partial charge in [-0.15, -0.1) is 0 Å².